The summed E-state index contributed by atoms with van der Waals surface area (Å²) < 4.78 is 28.9. The van der Waals surface area contributed by atoms with Gasteiger partial charge in [0.15, 0.2) is 26.8 Å². The predicted octanol–water partition coefficient (Wildman–Crippen LogP) is 29.0. The normalized spacial score (nSPS) is 11.3. The van der Waals surface area contributed by atoms with Crippen LogP contribution in [0.1, 0.15) is 129 Å². The number of anilines is 1. The van der Waals surface area contributed by atoms with Gasteiger partial charge in [0, 0.05) is 93.4 Å². The first-order valence-corrected chi connectivity index (χ1v) is 49.8. The van der Waals surface area contributed by atoms with Crippen LogP contribution in [-0.2, 0) is 25.3 Å². The maximum absolute atomic E-state index is 11.7. The number of hydrogen-bond acceptors (Lipinski definition) is 20. The zero-order chi connectivity index (χ0) is 86.2. The second-order valence-electron chi connectivity index (χ2n) is 26.7. The number of rotatable bonds is 12. The Morgan fingerprint density at radius 1 is 0.479 bits per heavy atom. The van der Waals surface area contributed by atoms with Crippen LogP contribution in [-0.4, -0.2) is 72.1 Å². The summed E-state index contributed by atoms with van der Waals surface area (Å²) in [5.74, 6) is -2.70. The smallest absolute Gasteiger partial charge is 0.350 e. The number of carbonyl (C=O) groups excluding carboxylic acids is 3. The summed E-state index contributed by atoms with van der Waals surface area (Å²) in [6.07, 6.45) is -1.04. The molecular weight excluding hydrogens is 2050 g/mol. The molecule has 0 aliphatic rings. The van der Waals surface area contributed by atoms with E-state index in [-0.39, 0.29) is 18.5 Å². The Hall–Kier alpha value is -6.92. The molecule has 7 aromatic heterocycles. The Morgan fingerprint density at radius 2 is 0.821 bits per heavy atom. The number of hydrogen-bond donors (Lipinski definition) is 5. The monoisotopic (exact) mass is 2120 g/mol. The highest BCUT2D eigenvalue weighted by molar-refractivity contribution is 9.11. The van der Waals surface area contributed by atoms with Crippen LogP contribution in [0.5, 0.6) is 0 Å². The van der Waals surface area contributed by atoms with Crippen LogP contribution in [0, 0.1) is 78.1 Å². The van der Waals surface area contributed by atoms with Gasteiger partial charge in [-0.05, 0) is 277 Å². The number of aliphatic carboxylic acids is 1. The molecular formula is C87H78Br6ClN3O12S7Si. The van der Waals surface area contributed by atoms with Crippen LogP contribution in [0.15, 0.2) is 172 Å². The Labute approximate surface area is 762 Å². The highest BCUT2D eigenvalue weighted by Gasteiger charge is 2.28. The number of nitrogens with two attached hydrogens (primary N) is 1. The predicted molar refractivity (Wildman–Crippen MR) is 513 cm³/mol. The summed E-state index contributed by atoms with van der Waals surface area (Å²) >= 11 is 36.7. The van der Waals surface area contributed by atoms with E-state index >= 15 is 0 Å². The topological polar surface area (TPSA) is 268 Å². The van der Waals surface area contributed by atoms with Gasteiger partial charge in [-0.15, -0.1) is 79.4 Å². The third-order valence-electron chi connectivity index (χ3n) is 17.3. The number of fused-ring (bicyclic) bond motifs is 7. The van der Waals surface area contributed by atoms with Crippen molar-refractivity contribution in [3.05, 3.63) is 262 Å². The summed E-state index contributed by atoms with van der Waals surface area (Å²) in [4.78, 5) is 60.4. The molecule has 0 saturated carbocycles. The van der Waals surface area contributed by atoms with Crippen LogP contribution in [0.2, 0.25) is 24.7 Å². The van der Waals surface area contributed by atoms with Crippen molar-refractivity contribution in [2.24, 2.45) is 0 Å². The molecule has 0 aliphatic carbocycles. The lowest BCUT2D eigenvalue weighted by atomic mass is 10.1. The van der Waals surface area contributed by atoms with Gasteiger partial charge in [-0.3, -0.25) is 4.79 Å². The number of carbonyl (C=O) groups is 5. The minimum atomic E-state index is -1.75. The summed E-state index contributed by atoms with van der Waals surface area (Å²) in [5, 5.41) is 62.5. The van der Waals surface area contributed by atoms with E-state index in [4.69, 9.17) is 51.8 Å². The van der Waals surface area contributed by atoms with E-state index in [9.17, 15) is 34.3 Å². The van der Waals surface area contributed by atoms with Crippen molar-refractivity contribution in [3.8, 4) is 12.1 Å². The summed E-state index contributed by atoms with van der Waals surface area (Å²) in [7, 11) is -1.75. The molecule has 15 rings (SSSR count). The number of aryl methyl sites for hydroxylation is 8. The average molecular weight is 2130 g/mol. The second kappa shape index (κ2) is 43.5. The number of aromatic carboxylic acids is 1. The van der Waals surface area contributed by atoms with Crippen molar-refractivity contribution in [2.75, 3.05) is 18.9 Å². The van der Waals surface area contributed by atoms with E-state index in [1.54, 1.807) is 35.7 Å². The zero-order valence-corrected chi connectivity index (χ0v) is 82.2. The van der Waals surface area contributed by atoms with Gasteiger partial charge in [-0.2, -0.15) is 10.5 Å². The van der Waals surface area contributed by atoms with Crippen molar-refractivity contribution in [3.63, 3.8) is 0 Å². The number of aldehydes is 1. The Morgan fingerprint density at radius 3 is 1.17 bits per heavy atom. The number of aliphatic hydroxyl groups excluding tert-OH is 2. The standard InChI is InChI=1S/C14H16BrNOSSi.C12H11BrO2S.C12H13NO2S.C11H9BrO3S.C10H7BrO2S.C10H9BrOS.C10H7BrOS.C8H6ClN/c1-9-6-5-7-11-12(9)13(15)14(18-11)10(8-16)17-19(2,3)4;2*1-3-15-12(14)11-10(13)9-7(2)5-4-6-8(9)16-11;1-5-3-2-4-6-7(5)8(12)10(16-6)9(13)11(14)15;1-5-3-2-4-6-7(5)8(11)9(14-6)10(12)13;2*1-6-3-2-4-7-9(6)10(11)8(5-12)13-7;1-6-3-2-4-8(9)7(6)5-10/h5-7,10H,1-4H3;4-6H,3H2,1-2H3;4-6H,3,13H2,1-2H3;2-4,9,13H,1H3,(H,14,15);2-4H,1H3,(H,12,13);2-4,12H,5H2,1H3;2-5H,1H3;2-4H,1H3. The first kappa shape index (κ1) is 95.5. The Balaban J connectivity index is 0.000000168. The molecule has 0 saturated heterocycles. The van der Waals surface area contributed by atoms with Gasteiger partial charge in [0.25, 0.3) is 0 Å². The lowest BCUT2D eigenvalue weighted by Gasteiger charge is -2.21. The number of ether oxygens (including phenoxy) is 2. The summed E-state index contributed by atoms with van der Waals surface area (Å²) in [5.41, 5.74) is 16.1. The van der Waals surface area contributed by atoms with Crippen molar-refractivity contribution >= 4 is 301 Å². The van der Waals surface area contributed by atoms with E-state index in [0.717, 1.165) is 117 Å². The minimum Gasteiger partial charge on any atom is -0.479 e. The van der Waals surface area contributed by atoms with Gasteiger partial charge in [-0.25, -0.2) is 19.2 Å². The lowest BCUT2D eigenvalue weighted by Crippen LogP contribution is -2.27. The second-order valence-corrected chi connectivity index (χ2v) is 43.9. The molecule has 0 amide bonds. The van der Waals surface area contributed by atoms with E-state index in [2.05, 4.69) is 159 Å². The molecule has 6 N–H and O–H groups in total. The molecule has 8 aromatic carbocycles. The molecule has 7 heterocycles. The van der Waals surface area contributed by atoms with E-state index < -0.39 is 32.5 Å². The number of carboxylic acids is 2. The number of halogens is 7. The van der Waals surface area contributed by atoms with Crippen molar-refractivity contribution < 1.29 is 58.3 Å². The summed E-state index contributed by atoms with van der Waals surface area (Å²) in [6.45, 7) is 26.8. The van der Waals surface area contributed by atoms with E-state index in [1.807, 2.05) is 170 Å². The van der Waals surface area contributed by atoms with Gasteiger partial charge in [0.1, 0.15) is 20.7 Å². The first-order valence-electron chi connectivity index (χ1n) is 35.6. The molecule has 608 valence electrons. The van der Waals surface area contributed by atoms with Gasteiger partial charge in [0.05, 0.1) is 65.7 Å². The van der Waals surface area contributed by atoms with Crippen molar-refractivity contribution in [2.45, 2.75) is 108 Å². The van der Waals surface area contributed by atoms with Crippen LogP contribution in [0.3, 0.4) is 0 Å². The molecule has 0 radical (unpaired) electrons. The van der Waals surface area contributed by atoms with Crippen LogP contribution >= 0.6 is 187 Å². The number of nitrogen functional groups attached to an aromatic ring is 1. The number of nitrogens with zero attached hydrogens (tertiary/aromatic N) is 2. The number of thiophene rings is 7. The fourth-order valence-corrected chi connectivity index (χ4v) is 26.9. The molecule has 117 heavy (non-hydrogen) atoms. The van der Waals surface area contributed by atoms with Crippen LogP contribution < -0.4 is 5.73 Å². The maximum atomic E-state index is 11.7. The molecule has 0 spiro atoms. The third-order valence-corrected chi connectivity index (χ3v) is 33.1. The quantitative estimate of drug-likeness (QED) is 0.0432. The Bertz CT molecular complexity index is 6160. The lowest BCUT2D eigenvalue weighted by molar-refractivity contribution is -0.146. The van der Waals surface area contributed by atoms with Crippen molar-refractivity contribution in [1.82, 2.24) is 0 Å². The minimum absolute atomic E-state index is 0.110. The molecule has 0 aliphatic heterocycles. The zero-order valence-electron chi connectivity index (χ0n) is 65.2. The maximum Gasteiger partial charge on any atom is 0.350 e. The molecule has 0 fully saturated rings. The SMILES string of the molecule is CCOC(=O)c1sc2cccc(C)c2c1Br.CCOC(=O)c1sc2cccc(C)c2c1N.Cc1cccc(Cl)c1C#N.Cc1cccc2sc(C(=O)O)c(Br)c12.Cc1cccc2sc(C(C#N)O[Si](C)(C)C)c(Br)c12.Cc1cccc2sc(C(O)C(=O)O)c(Br)c12.Cc1cccc2sc(C=O)c(Br)c12.Cc1cccc2sc(CO)c(Br)c12. The average Bonchev–Trinajstić information content (AvgIpc) is 1.62. The highest BCUT2D eigenvalue weighted by Crippen LogP contribution is 2.46. The van der Waals surface area contributed by atoms with Gasteiger partial charge in [-0.1, -0.05) is 109 Å². The largest absolute Gasteiger partial charge is 0.479 e. The molecule has 15 aromatic rings. The number of benzene rings is 8. The fraction of sp³-hybridized carbons (Fsp3) is 0.207. The first-order chi connectivity index (χ1) is 55.5. The van der Waals surface area contributed by atoms with Crippen LogP contribution in [0.4, 0.5) is 5.69 Å². The van der Waals surface area contributed by atoms with E-state index in [1.165, 1.54) is 93.5 Å². The van der Waals surface area contributed by atoms with Crippen molar-refractivity contribution in [1.29, 1.82) is 10.5 Å². The van der Waals surface area contributed by atoms with E-state index in [0.29, 0.717) is 57.9 Å². The third kappa shape index (κ3) is 23.2. The number of esters is 2. The Kier molecular flexibility index (Phi) is 35.6. The van der Waals surface area contributed by atoms with Gasteiger partial charge < -0.3 is 40.1 Å². The molecule has 2 unspecified atom stereocenters. The number of carboxylic acid groups (broad SMARTS) is 2. The summed E-state index contributed by atoms with van der Waals surface area (Å²) in [6, 6.07) is 51.8. The molecule has 0 bridgehead atoms. The number of nitriles is 2. The van der Waals surface area contributed by atoms with Gasteiger partial charge >= 0.3 is 23.9 Å². The highest BCUT2D eigenvalue weighted by atomic mass is 79.9. The van der Waals surface area contributed by atoms with Gasteiger partial charge in [0.2, 0.25) is 0 Å². The van der Waals surface area contributed by atoms with Crippen LogP contribution in [0.25, 0.3) is 70.6 Å². The molecule has 2 atom stereocenters. The fourth-order valence-electron chi connectivity index (χ4n) is 11.8. The number of aliphatic hydroxyl groups is 2. The molecule has 30 heteroatoms. The molecule has 15 nitrogen and oxygen atoms in total.